The van der Waals surface area contributed by atoms with Gasteiger partial charge in [0, 0.05) is 31.7 Å². The third-order valence-corrected chi connectivity index (χ3v) is 4.52. The van der Waals surface area contributed by atoms with Crippen LogP contribution in [0.3, 0.4) is 0 Å². The molecule has 0 aliphatic heterocycles. The minimum absolute atomic E-state index is 0. The fraction of sp³-hybridized carbons (Fsp3) is 0.733. The topological polar surface area (TPSA) is 58.5 Å². The van der Waals surface area contributed by atoms with E-state index in [0.717, 1.165) is 55.3 Å². The Kier molecular flexibility index (Phi) is 9.27. The lowest BCUT2D eigenvalue weighted by Gasteiger charge is -2.11. The zero-order valence-corrected chi connectivity index (χ0v) is 16.8. The highest BCUT2D eigenvalue weighted by atomic mass is 127. The van der Waals surface area contributed by atoms with Crippen molar-refractivity contribution >= 4 is 41.3 Å². The summed E-state index contributed by atoms with van der Waals surface area (Å²) in [7, 11) is 1.80. The van der Waals surface area contributed by atoms with Gasteiger partial charge in [-0.25, -0.2) is 4.98 Å². The Bertz CT molecular complexity index is 474. The average Bonchev–Trinajstić information content (AvgIpc) is 3.22. The number of aryl methyl sites for hydroxylation is 2. The largest absolute Gasteiger partial charge is 0.381 e. The number of nitrogens with one attached hydrogen (secondary N) is 2. The van der Waals surface area contributed by atoms with E-state index in [-0.39, 0.29) is 24.0 Å². The van der Waals surface area contributed by atoms with Crippen LogP contribution < -0.4 is 10.6 Å². The number of aliphatic imine (C=N–C) groups is 1. The average molecular weight is 438 g/mol. The summed E-state index contributed by atoms with van der Waals surface area (Å²) in [5.41, 5.74) is 1.11. The lowest BCUT2D eigenvalue weighted by Crippen LogP contribution is -2.37. The molecule has 0 bridgehead atoms. The van der Waals surface area contributed by atoms with Crippen LogP contribution in [-0.4, -0.2) is 37.7 Å². The highest BCUT2D eigenvalue weighted by molar-refractivity contribution is 14.0. The molecular weight excluding hydrogens is 411 g/mol. The first-order chi connectivity index (χ1) is 10.2. The predicted molar refractivity (Wildman–Crippen MR) is 103 cm³/mol. The maximum absolute atomic E-state index is 5.61. The second-order valence-electron chi connectivity index (χ2n) is 5.47. The van der Waals surface area contributed by atoms with Crippen molar-refractivity contribution in [1.82, 2.24) is 15.6 Å². The Balaban J connectivity index is 0.00000242. The molecule has 1 aromatic rings. The summed E-state index contributed by atoms with van der Waals surface area (Å²) in [4.78, 5) is 9.93. The summed E-state index contributed by atoms with van der Waals surface area (Å²) in [5, 5.41) is 7.75. The number of hydrogen-bond acceptors (Lipinski definition) is 4. The van der Waals surface area contributed by atoms with Crippen LogP contribution in [0.2, 0.25) is 0 Å². The summed E-state index contributed by atoms with van der Waals surface area (Å²) >= 11 is 1.73. The third-order valence-electron chi connectivity index (χ3n) is 3.45. The molecule has 5 nitrogen and oxygen atoms in total. The van der Waals surface area contributed by atoms with Gasteiger partial charge in [-0.15, -0.1) is 35.3 Å². The summed E-state index contributed by atoms with van der Waals surface area (Å²) in [6, 6.07) is 0. The van der Waals surface area contributed by atoms with Crippen LogP contribution in [-0.2, 0) is 11.3 Å². The maximum atomic E-state index is 5.61. The van der Waals surface area contributed by atoms with Gasteiger partial charge in [0.15, 0.2) is 5.96 Å². The summed E-state index contributed by atoms with van der Waals surface area (Å²) in [5.74, 6) is 1.68. The molecule has 7 heteroatoms. The molecule has 1 aliphatic rings. The van der Waals surface area contributed by atoms with Gasteiger partial charge >= 0.3 is 0 Å². The number of ether oxygens (including phenoxy) is 1. The first kappa shape index (κ1) is 19.6. The molecule has 0 atom stereocenters. The van der Waals surface area contributed by atoms with E-state index in [1.807, 2.05) is 13.8 Å². The number of halogens is 1. The smallest absolute Gasteiger partial charge is 0.191 e. The maximum Gasteiger partial charge on any atom is 0.191 e. The van der Waals surface area contributed by atoms with Gasteiger partial charge in [0.25, 0.3) is 0 Å². The van der Waals surface area contributed by atoms with Crippen LogP contribution in [0.4, 0.5) is 0 Å². The Morgan fingerprint density at radius 2 is 2.14 bits per heavy atom. The van der Waals surface area contributed by atoms with E-state index in [1.54, 1.807) is 18.4 Å². The fourth-order valence-corrected chi connectivity index (χ4v) is 2.91. The molecule has 2 rings (SSSR count). The van der Waals surface area contributed by atoms with E-state index in [2.05, 4.69) is 20.6 Å². The van der Waals surface area contributed by atoms with Gasteiger partial charge in [0.1, 0.15) is 0 Å². The SMILES string of the molecule is CN=C(NCCCOCC1CC1)NCc1sc(C)nc1C.I. The summed E-state index contributed by atoms with van der Waals surface area (Å²) in [6.07, 6.45) is 3.71. The van der Waals surface area contributed by atoms with Crippen LogP contribution in [0.25, 0.3) is 0 Å². The van der Waals surface area contributed by atoms with Crippen molar-refractivity contribution in [3.8, 4) is 0 Å². The Morgan fingerprint density at radius 3 is 2.73 bits per heavy atom. The second-order valence-corrected chi connectivity index (χ2v) is 6.75. The molecule has 1 heterocycles. The molecule has 1 fully saturated rings. The van der Waals surface area contributed by atoms with Crippen LogP contribution in [0, 0.1) is 19.8 Å². The van der Waals surface area contributed by atoms with Crippen molar-refractivity contribution in [2.75, 3.05) is 26.8 Å². The van der Waals surface area contributed by atoms with Crippen molar-refractivity contribution in [2.24, 2.45) is 10.9 Å². The molecule has 0 spiro atoms. The molecule has 0 amide bonds. The van der Waals surface area contributed by atoms with E-state index < -0.39 is 0 Å². The van der Waals surface area contributed by atoms with Gasteiger partial charge < -0.3 is 15.4 Å². The lowest BCUT2D eigenvalue weighted by atomic mass is 10.4. The van der Waals surface area contributed by atoms with Crippen LogP contribution in [0.1, 0.15) is 34.8 Å². The lowest BCUT2D eigenvalue weighted by molar-refractivity contribution is 0.123. The van der Waals surface area contributed by atoms with Crippen LogP contribution in [0.15, 0.2) is 4.99 Å². The summed E-state index contributed by atoms with van der Waals surface area (Å²) < 4.78 is 5.61. The highest BCUT2D eigenvalue weighted by Gasteiger charge is 2.20. The molecule has 0 unspecified atom stereocenters. The Hall–Kier alpha value is -0.410. The molecular formula is C15H27IN4OS. The molecule has 1 saturated carbocycles. The standard InChI is InChI=1S/C15H26N4OS.HI/c1-11-14(21-12(2)19-11)9-18-15(16-3)17-7-4-8-20-10-13-5-6-13;/h13H,4-10H2,1-3H3,(H2,16,17,18);1H. The number of thiazole rings is 1. The monoisotopic (exact) mass is 438 g/mol. The quantitative estimate of drug-likeness (QED) is 0.284. The van der Waals surface area contributed by atoms with E-state index in [4.69, 9.17) is 4.74 Å². The van der Waals surface area contributed by atoms with Crippen LogP contribution in [0.5, 0.6) is 0 Å². The molecule has 0 aromatic carbocycles. The van der Waals surface area contributed by atoms with Gasteiger partial charge in [-0.2, -0.15) is 0 Å². The molecule has 0 saturated heterocycles. The minimum atomic E-state index is 0. The number of rotatable bonds is 8. The van der Waals surface area contributed by atoms with Gasteiger partial charge in [-0.1, -0.05) is 0 Å². The van der Waals surface area contributed by atoms with Crippen LogP contribution >= 0.6 is 35.3 Å². The number of aromatic nitrogens is 1. The molecule has 0 radical (unpaired) electrons. The van der Waals surface area contributed by atoms with Gasteiger partial charge in [0.2, 0.25) is 0 Å². The second kappa shape index (κ2) is 10.4. The number of hydrogen-bond donors (Lipinski definition) is 2. The predicted octanol–water partition coefficient (Wildman–Crippen LogP) is 2.86. The molecule has 1 aromatic heterocycles. The zero-order chi connectivity index (χ0) is 15.1. The van der Waals surface area contributed by atoms with Gasteiger partial charge in [-0.3, -0.25) is 4.99 Å². The third kappa shape index (κ3) is 7.23. The van der Waals surface area contributed by atoms with E-state index in [9.17, 15) is 0 Å². The molecule has 1 aliphatic carbocycles. The van der Waals surface area contributed by atoms with Crippen molar-refractivity contribution in [1.29, 1.82) is 0 Å². The van der Waals surface area contributed by atoms with E-state index in [0.29, 0.717) is 0 Å². The van der Waals surface area contributed by atoms with E-state index >= 15 is 0 Å². The normalized spacial score (nSPS) is 14.6. The molecule has 126 valence electrons. The Labute approximate surface area is 154 Å². The first-order valence-electron chi connectivity index (χ1n) is 7.64. The Morgan fingerprint density at radius 1 is 1.36 bits per heavy atom. The van der Waals surface area contributed by atoms with Gasteiger partial charge in [-0.05, 0) is 39.0 Å². The first-order valence-corrected chi connectivity index (χ1v) is 8.46. The zero-order valence-electron chi connectivity index (χ0n) is 13.6. The molecule has 22 heavy (non-hydrogen) atoms. The minimum Gasteiger partial charge on any atom is -0.381 e. The highest BCUT2D eigenvalue weighted by Crippen LogP contribution is 2.28. The van der Waals surface area contributed by atoms with Crippen molar-refractivity contribution in [2.45, 2.75) is 39.7 Å². The van der Waals surface area contributed by atoms with Gasteiger partial charge in [0.05, 0.1) is 17.2 Å². The van der Waals surface area contributed by atoms with Crippen molar-refractivity contribution in [3.05, 3.63) is 15.6 Å². The van der Waals surface area contributed by atoms with Crippen molar-refractivity contribution in [3.63, 3.8) is 0 Å². The fourth-order valence-electron chi connectivity index (χ4n) is 2.04. The van der Waals surface area contributed by atoms with E-state index in [1.165, 1.54) is 17.7 Å². The summed E-state index contributed by atoms with van der Waals surface area (Å²) in [6.45, 7) is 7.51. The molecule has 2 N–H and O–H groups in total. The number of guanidine groups is 1. The number of nitrogens with zero attached hydrogens (tertiary/aromatic N) is 2. The van der Waals surface area contributed by atoms with Crippen molar-refractivity contribution < 1.29 is 4.74 Å².